The van der Waals surface area contributed by atoms with Crippen molar-refractivity contribution < 1.29 is 12.8 Å². The molecule has 0 saturated heterocycles. The topological polar surface area (TPSA) is 71.7 Å². The zero-order chi connectivity index (χ0) is 19.4. The van der Waals surface area contributed by atoms with Gasteiger partial charge in [0.25, 0.3) is 0 Å². The highest BCUT2D eigenvalue weighted by atomic mass is 35.5. The summed E-state index contributed by atoms with van der Waals surface area (Å²) < 4.78 is 32.7. The maximum atomic E-state index is 12.3. The van der Waals surface area contributed by atoms with Gasteiger partial charge < -0.3 is 4.42 Å². The predicted octanol–water partition coefficient (Wildman–Crippen LogP) is 5.12. The fourth-order valence-electron chi connectivity index (χ4n) is 2.23. The van der Waals surface area contributed by atoms with Gasteiger partial charge in [-0.1, -0.05) is 40.9 Å². The standard InChI is InChI=1S/C19H16Cl2N2O3S/c1-13-2-7-17(8-3-13)27(24,25)23-12-16-6-5-15(26-16)11-22-14-4-9-18(20)19(21)10-14/h2-11,23H,12H2,1H3. The van der Waals surface area contributed by atoms with Crippen LogP contribution < -0.4 is 4.72 Å². The summed E-state index contributed by atoms with van der Waals surface area (Å²) in [7, 11) is -3.60. The second-order valence-electron chi connectivity index (χ2n) is 5.80. The molecule has 0 radical (unpaired) electrons. The van der Waals surface area contributed by atoms with Gasteiger partial charge in [0.1, 0.15) is 11.5 Å². The number of nitrogens with zero attached hydrogens (tertiary/aromatic N) is 1. The first-order valence-corrected chi connectivity index (χ1v) is 10.2. The summed E-state index contributed by atoms with van der Waals surface area (Å²) >= 11 is 11.8. The zero-order valence-corrected chi connectivity index (χ0v) is 16.6. The van der Waals surface area contributed by atoms with Gasteiger partial charge in [0, 0.05) is 0 Å². The number of furan rings is 1. The van der Waals surface area contributed by atoms with Gasteiger partial charge in [0.15, 0.2) is 0 Å². The lowest BCUT2D eigenvalue weighted by molar-refractivity contribution is 0.494. The number of hydrogen-bond donors (Lipinski definition) is 1. The molecule has 0 aliphatic heterocycles. The molecule has 1 aromatic heterocycles. The van der Waals surface area contributed by atoms with Crippen molar-refractivity contribution in [1.29, 1.82) is 0 Å². The van der Waals surface area contributed by atoms with Crippen LogP contribution >= 0.6 is 23.2 Å². The molecular formula is C19H16Cl2N2O3S. The molecule has 0 spiro atoms. The van der Waals surface area contributed by atoms with Gasteiger partial charge in [-0.2, -0.15) is 0 Å². The Morgan fingerprint density at radius 3 is 2.48 bits per heavy atom. The van der Waals surface area contributed by atoms with E-state index >= 15 is 0 Å². The molecule has 3 rings (SSSR count). The Morgan fingerprint density at radius 2 is 1.78 bits per heavy atom. The summed E-state index contributed by atoms with van der Waals surface area (Å²) in [5, 5.41) is 0.869. The van der Waals surface area contributed by atoms with E-state index in [1.807, 2.05) is 6.92 Å². The summed E-state index contributed by atoms with van der Waals surface area (Å²) in [6, 6.07) is 15.0. The van der Waals surface area contributed by atoms with Crippen molar-refractivity contribution in [2.45, 2.75) is 18.4 Å². The molecule has 8 heteroatoms. The minimum Gasteiger partial charge on any atom is -0.459 e. The minimum atomic E-state index is -3.60. The first-order chi connectivity index (χ1) is 12.8. The van der Waals surface area contributed by atoms with Gasteiger partial charge >= 0.3 is 0 Å². The van der Waals surface area contributed by atoms with Crippen molar-refractivity contribution in [3.8, 4) is 0 Å². The number of hydrogen-bond acceptors (Lipinski definition) is 4. The average molecular weight is 423 g/mol. The van der Waals surface area contributed by atoms with Gasteiger partial charge in [0.2, 0.25) is 10.0 Å². The SMILES string of the molecule is Cc1ccc(S(=O)(=O)NCc2ccc(C=Nc3ccc(Cl)c(Cl)c3)o2)cc1. The van der Waals surface area contributed by atoms with Crippen molar-refractivity contribution in [3.63, 3.8) is 0 Å². The Balaban J connectivity index is 1.64. The third kappa shape index (κ3) is 5.20. The van der Waals surface area contributed by atoms with Crippen LogP contribution in [-0.2, 0) is 16.6 Å². The van der Waals surface area contributed by atoms with Gasteiger partial charge in [-0.25, -0.2) is 13.1 Å². The van der Waals surface area contributed by atoms with Gasteiger partial charge in [-0.05, 0) is 49.4 Å². The third-order valence-electron chi connectivity index (χ3n) is 3.69. The van der Waals surface area contributed by atoms with Crippen LogP contribution in [0.2, 0.25) is 10.0 Å². The zero-order valence-electron chi connectivity index (χ0n) is 14.3. The molecule has 0 unspecified atom stereocenters. The fraction of sp³-hybridized carbons (Fsp3) is 0.105. The molecule has 3 aromatic rings. The summed E-state index contributed by atoms with van der Waals surface area (Å²) in [5.74, 6) is 0.965. The number of nitrogens with one attached hydrogen (secondary N) is 1. The van der Waals surface area contributed by atoms with E-state index in [0.29, 0.717) is 27.3 Å². The van der Waals surface area contributed by atoms with Crippen molar-refractivity contribution in [2.75, 3.05) is 0 Å². The van der Waals surface area contributed by atoms with E-state index in [1.54, 1.807) is 54.6 Å². The van der Waals surface area contributed by atoms with Crippen molar-refractivity contribution in [3.05, 3.63) is 81.7 Å². The summed E-state index contributed by atoms with van der Waals surface area (Å²) in [6.45, 7) is 1.94. The molecule has 0 atom stereocenters. The van der Waals surface area contributed by atoms with E-state index < -0.39 is 10.0 Å². The van der Waals surface area contributed by atoms with E-state index in [2.05, 4.69) is 9.71 Å². The predicted molar refractivity (Wildman–Crippen MR) is 108 cm³/mol. The molecule has 0 saturated carbocycles. The summed E-state index contributed by atoms with van der Waals surface area (Å²) in [4.78, 5) is 4.47. The Kier molecular flexibility index (Phi) is 6.01. The van der Waals surface area contributed by atoms with Crippen molar-refractivity contribution >= 4 is 45.1 Å². The Bertz CT molecular complexity index is 1070. The van der Waals surface area contributed by atoms with Gasteiger partial charge in [0.05, 0.1) is 33.4 Å². The highest BCUT2D eigenvalue weighted by Gasteiger charge is 2.14. The second-order valence-corrected chi connectivity index (χ2v) is 8.38. The normalized spacial score (nSPS) is 12.0. The van der Waals surface area contributed by atoms with Gasteiger partial charge in [-0.3, -0.25) is 4.99 Å². The highest BCUT2D eigenvalue weighted by Crippen LogP contribution is 2.26. The lowest BCUT2D eigenvalue weighted by Crippen LogP contribution is -2.22. The minimum absolute atomic E-state index is 0.0385. The molecule has 1 N–H and O–H groups in total. The van der Waals surface area contributed by atoms with E-state index in [4.69, 9.17) is 27.6 Å². The van der Waals surface area contributed by atoms with Crippen LogP contribution in [0.4, 0.5) is 5.69 Å². The third-order valence-corrected chi connectivity index (χ3v) is 5.85. The monoisotopic (exact) mass is 422 g/mol. The molecule has 0 aliphatic rings. The molecule has 0 fully saturated rings. The Morgan fingerprint density at radius 1 is 1.04 bits per heavy atom. The number of benzene rings is 2. The van der Waals surface area contributed by atoms with E-state index in [0.717, 1.165) is 5.56 Å². The smallest absolute Gasteiger partial charge is 0.240 e. The molecule has 27 heavy (non-hydrogen) atoms. The van der Waals surface area contributed by atoms with Crippen LogP contribution in [-0.4, -0.2) is 14.6 Å². The van der Waals surface area contributed by atoms with Gasteiger partial charge in [-0.15, -0.1) is 0 Å². The van der Waals surface area contributed by atoms with E-state index in [9.17, 15) is 8.42 Å². The Labute approximate surface area is 167 Å². The lowest BCUT2D eigenvalue weighted by atomic mass is 10.2. The number of sulfonamides is 1. The molecule has 0 aliphatic carbocycles. The van der Waals surface area contributed by atoms with Crippen LogP contribution in [0.5, 0.6) is 0 Å². The lowest BCUT2D eigenvalue weighted by Gasteiger charge is -2.05. The Hall–Kier alpha value is -2.12. The highest BCUT2D eigenvalue weighted by molar-refractivity contribution is 7.89. The maximum Gasteiger partial charge on any atom is 0.240 e. The van der Waals surface area contributed by atoms with Crippen LogP contribution in [0, 0.1) is 6.92 Å². The van der Waals surface area contributed by atoms with Crippen molar-refractivity contribution in [2.24, 2.45) is 4.99 Å². The van der Waals surface area contributed by atoms with Crippen molar-refractivity contribution in [1.82, 2.24) is 4.72 Å². The largest absolute Gasteiger partial charge is 0.459 e. The second kappa shape index (κ2) is 8.27. The summed E-state index contributed by atoms with van der Waals surface area (Å²) in [6.07, 6.45) is 1.53. The van der Waals surface area contributed by atoms with E-state index in [1.165, 1.54) is 6.21 Å². The molecular weight excluding hydrogens is 407 g/mol. The average Bonchev–Trinajstić information content (AvgIpc) is 3.09. The van der Waals surface area contributed by atoms with Crippen LogP contribution in [0.15, 0.2) is 68.9 Å². The first-order valence-electron chi connectivity index (χ1n) is 7.98. The molecule has 0 bridgehead atoms. The number of halogens is 2. The molecule has 2 aromatic carbocycles. The first kappa shape index (κ1) is 19.6. The van der Waals surface area contributed by atoms with Crippen LogP contribution in [0.3, 0.4) is 0 Å². The quantitative estimate of drug-likeness (QED) is 0.559. The van der Waals surface area contributed by atoms with Crippen LogP contribution in [0.25, 0.3) is 0 Å². The molecule has 140 valence electrons. The number of aryl methyl sites for hydroxylation is 1. The fourth-order valence-corrected chi connectivity index (χ4v) is 3.51. The van der Waals surface area contributed by atoms with Crippen LogP contribution in [0.1, 0.15) is 17.1 Å². The number of aliphatic imine (C=N–C) groups is 1. The molecule has 5 nitrogen and oxygen atoms in total. The molecule has 1 heterocycles. The summed E-state index contributed by atoms with van der Waals surface area (Å²) in [5.41, 5.74) is 1.62. The van der Waals surface area contributed by atoms with E-state index in [-0.39, 0.29) is 11.4 Å². The number of rotatable bonds is 6. The maximum absolute atomic E-state index is 12.3. The molecule has 0 amide bonds.